The number of nitrogens with one attached hydrogen (secondary N) is 1. The maximum Gasteiger partial charge on any atom is 0.255 e. The van der Waals surface area contributed by atoms with E-state index >= 15 is 0 Å². The Morgan fingerprint density at radius 1 is 0.933 bits per heavy atom. The van der Waals surface area contributed by atoms with Crippen molar-refractivity contribution in [2.75, 3.05) is 18.5 Å². The van der Waals surface area contributed by atoms with Gasteiger partial charge in [0.15, 0.2) is 23.1 Å². The summed E-state index contributed by atoms with van der Waals surface area (Å²) in [7, 11) is 0. The van der Waals surface area contributed by atoms with Gasteiger partial charge in [-0.25, -0.2) is 13.8 Å². The van der Waals surface area contributed by atoms with E-state index in [-0.39, 0.29) is 5.56 Å². The minimum Gasteiger partial charge on any atom is -0.486 e. The third-order valence-electron chi connectivity index (χ3n) is 4.73. The van der Waals surface area contributed by atoms with Gasteiger partial charge >= 0.3 is 0 Å². The molecule has 8 heteroatoms. The average Bonchev–Trinajstić information content (AvgIpc) is 3.18. The fraction of sp³-hybridized carbons (Fsp3) is 0.0909. The van der Waals surface area contributed by atoms with Gasteiger partial charge < -0.3 is 19.2 Å². The van der Waals surface area contributed by atoms with Crippen molar-refractivity contribution >= 4 is 17.2 Å². The Hall–Kier alpha value is -3.94. The van der Waals surface area contributed by atoms with Gasteiger partial charge in [-0.2, -0.15) is 0 Å². The molecule has 30 heavy (non-hydrogen) atoms. The third kappa shape index (κ3) is 3.32. The molecule has 0 saturated heterocycles. The van der Waals surface area contributed by atoms with Gasteiger partial charge in [-0.15, -0.1) is 0 Å². The van der Waals surface area contributed by atoms with E-state index in [1.54, 1.807) is 22.7 Å². The van der Waals surface area contributed by atoms with E-state index in [0.717, 1.165) is 23.4 Å². The lowest BCUT2D eigenvalue weighted by molar-refractivity contribution is 0.102. The van der Waals surface area contributed by atoms with Crippen LogP contribution in [0, 0.1) is 11.6 Å². The van der Waals surface area contributed by atoms with E-state index < -0.39 is 17.5 Å². The van der Waals surface area contributed by atoms with Gasteiger partial charge in [-0.1, -0.05) is 0 Å². The minimum atomic E-state index is -1.07. The van der Waals surface area contributed by atoms with Crippen molar-refractivity contribution in [1.82, 2.24) is 9.38 Å². The van der Waals surface area contributed by atoms with E-state index in [1.807, 2.05) is 24.4 Å². The number of pyridine rings is 1. The van der Waals surface area contributed by atoms with Crippen LogP contribution in [-0.4, -0.2) is 28.5 Å². The molecule has 2 aromatic heterocycles. The van der Waals surface area contributed by atoms with Crippen LogP contribution in [0.1, 0.15) is 10.4 Å². The highest BCUT2D eigenvalue weighted by Gasteiger charge is 2.15. The van der Waals surface area contributed by atoms with Crippen LogP contribution in [0.5, 0.6) is 11.5 Å². The number of hydrogen-bond donors (Lipinski definition) is 1. The molecule has 0 radical (unpaired) electrons. The minimum absolute atomic E-state index is 0.0246. The van der Waals surface area contributed by atoms with E-state index in [2.05, 4.69) is 10.3 Å². The first-order valence-electron chi connectivity index (χ1n) is 9.22. The monoisotopic (exact) mass is 407 g/mol. The third-order valence-corrected chi connectivity index (χ3v) is 4.73. The van der Waals surface area contributed by atoms with Crippen LogP contribution in [0.2, 0.25) is 0 Å². The summed E-state index contributed by atoms with van der Waals surface area (Å²) in [6.45, 7) is 1.03. The molecular weight excluding hydrogens is 392 g/mol. The van der Waals surface area contributed by atoms with E-state index in [4.69, 9.17) is 9.47 Å². The van der Waals surface area contributed by atoms with Gasteiger partial charge in [0.2, 0.25) is 0 Å². The molecule has 1 aliphatic rings. The molecule has 1 N–H and O–H groups in total. The maximum absolute atomic E-state index is 13.4. The Bertz CT molecular complexity index is 1290. The van der Waals surface area contributed by atoms with Crippen LogP contribution >= 0.6 is 0 Å². The van der Waals surface area contributed by atoms with E-state index in [0.29, 0.717) is 36.0 Å². The number of benzene rings is 2. The molecule has 1 aliphatic heterocycles. The van der Waals surface area contributed by atoms with Crippen molar-refractivity contribution in [2.45, 2.75) is 0 Å². The molecule has 0 bridgehead atoms. The first kappa shape index (κ1) is 18.1. The normalized spacial score (nSPS) is 12.7. The largest absolute Gasteiger partial charge is 0.486 e. The molecule has 150 valence electrons. The van der Waals surface area contributed by atoms with Crippen LogP contribution in [0.25, 0.3) is 16.9 Å². The summed E-state index contributed by atoms with van der Waals surface area (Å²) in [5.74, 6) is -1.23. The number of imidazole rings is 1. The summed E-state index contributed by atoms with van der Waals surface area (Å²) in [5.41, 5.74) is 2.80. The van der Waals surface area contributed by atoms with Crippen molar-refractivity contribution < 1.29 is 23.0 Å². The fourth-order valence-corrected chi connectivity index (χ4v) is 3.25. The summed E-state index contributed by atoms with van der Waals surface area (Å²) in [6, 6.07) is 12.1. The summed E-state index contributed by atoms with van der Waals surface area (Å²) in [5, 5.41) is 2.67. The first-order valence-corrected chi connectivity index (χ1v) is 9.22. The number of nitrogens with zero attached hydrogens (tertiary/aromatic N) is 2. The second-order valence-electron chi connectivity index (χ2n) is 6.75. The molecular formula is C22H15F2N3O3. The summed E-state index contributed by atoms with van der Waals surface area (Å²) >= 11 is 0. The fourth-order valence-electron chi connectivity index (χ4n) is 3.25. The molecule has 3 heterocycles. The lowest BCUT2D eigenvalue weighted by Gasteiger charge is -2.18. The van der Waals surface area contributed by atoms with Gasteiger partial charge in [0.1, 0.15) is 18.9 Å². The lowest BCUT2D eigenvalue weighted by Crippen LogP contribution is -2.15. The zero-order valence-electron chi connectivity index (χ0n) is 15.6. The molecule has 5 rings (SSSR count). The summed E-state index contributed by atoms with van der Waals surface area (Å²) in [6.07, 6.45) is 3.52. The number of aromatic nitrogens is 2. The number of ether oxygens (including phenoxy) is 2. The predicted octanol–water partition coefficient (Wildman–Crippen LogP) is 4.30. The van der Waals surface area contributed by atoms with Gasteiger partial charge in [0.25, 0.3) is 5.91 Å². The Labute approximate surface area is 169 Å². The number of fused-ring (bicyclic) bond motifs is 2. The second kappa shape index (κ2) is 7.14. The predicted molar refractivity (Wildman–Crippen MR) is 106 cm³/mol. The van der Waals surface area contributed by atoms with E-state index in [1.165, 1.54) is 6.07 Å². The SMILES string of the molecule is O=C(Nc1ccc2nc(-c3ccc4c(c3)OCCO4)cn2c1)c1ccc(F)c(F)c1. The number of amides is 1. The molecule has 0 unspecified atom stereocenters. The number of carbonyl (C=O) groups is 1. The smallest absolute Gasteiger partial charge is 0.255 e. The highest BCUT2D eigenvalue weighted by atomic mass is 19.2. The highest BCUT2D eigenvalue weighted by Crippen LogP contribution is 2.34. The number of carbonyl (C=O) groups excluding carboxylic acids is 1. The zero-order valence-corrected chi connectivity index (χ0v) is 15.6. The van der Waals surface area contributed by atoms with E-state index in [9.17, 15) is 13.6 Å². The summed E-state index contributed by atoms with van der Waals surface area (Å²) < 4.78 is 39.4. The average molecular weight is 407 g/mol. The Morgan fingerprint density at radius 3 is 2.60 bits per heavy atom. The second-order valence-corrected chi connectivity index (χ2v) is 6.75. The van der Waals surface area contributed by atoms with Crippen LogP contribution in [-0.2, 0) is 0 Å². The molecule has 0 aliphatic carbocycles. The van der Waals surface area contributed by atoms with Crippen LogP contribution < -0.4 is 14.8 Å². The number of rotatable bonds is 3. The van der Waals surface area contributed by atoms with Crippen molar-refractivity contribution in [1.29, 1.82) is 0 Å². The van der Waals surface area contributed by atoms with Crippen LogP contribution in [0.4, 0.5) is 14.5 Å². The quantitative estimate of drug-likeness (QED) is 0.550. The van der Waals surface area contributed by atoms with Gasteiger partial charge in [-0.05, 0) is 48.5 Å². The topological polar surface area (TPSA) is 64.9 Å². The molecule has 0 saturated carbocycles. The molecule has 1 amide bonds. The lowest BCUT2D eigenvalue weighted by atomic mass is 10.1. The zero-order chi connectivity index (χ0) is 20.7. The highest BCUT2D eigenvalue weighted by molar-refractivity contribution is 6.04. The van der Waals surface area contributed by atoms with Crippen molar-refractivity contribution in [2.24, 2.45) is 0 Å². The van der Waals surface area contributed by atoms with Crippen LogP contribution in [0.15, 0.2) is 60.9 Å². The number of halogens is 2. The first-order chi connectivity index (χ1) is 14.6. The molecule has 2 aromatic carbocycles. The van der Waals surface area contributed by atoms with Crippen LogP contribution in [0.3, 0.4) is 0 Å². The van der Waals surface area contributed by atoms with Crippen molar-refractivity contribution in [3.8, 4) is 22.8 Å². The van der Waals surface area contributed by atoms with Crippen molar-refractivity contribution in [3.05, 3.63) is 78.1 Å². The van der Waals surface area contributed by atoms with Gasteiger partial charge in [-0.3, -0.25) is 4.79 Å². The molecule has 0 atom stereocenters. The molecule has 0 spiro atoms. The number of hydrogen-bond acceptors (Lipinski definition) is 4. The van der Waals surface area contributed by atoms with Gasteiger partial charge in [0, 0.05) is 23.5 Å². The Kier molecular flexibility index (Phi) is 4.31. The molecule has 0 fully saturated rings. The summed E-state index contributed by atoms with van der Waals surface area (Å²) in [4.78, 5) is 16.9. The van der Waals surface area contributed by atoms with Gasteiger partial charge in [0.05, 0.1) is 11.4 Å². The van der Waals surface area contributed by atoms with Crippen molar-refractivity contribution in [3.63, 3.8) is 0 Å². The Balaban J connectivity index is 1.41. The molecule has 4 aromatic rings. The molecule has 6 nitrogen and oxygen atoms in total. The number of anilines is 1. The standard InChI is InChI=1S/C22H15F2N3O3/c23-16-4-1-14(9-17(16)24)22(28)25-15-3-6-21-26-18(12-27(21)11-15)13-2-5-19-20(10-13)30-8-7-29-19/h1-6,9-12H,7-8H2,(H,25,28). The Morgan fingerprint density at radius 2 is 1.77 bits per heavy atom. The maximum atomic E-state index is 13.4.